The van der Waals surface area contributed by atoms with Crippen LogP contribution < -0.4 is 16.6 Å². The number of carbonyl (C=O) groups is 1. The molecule has 0 unspecified atom stereocenters. The number of hydrogen-bond donors (Lipinski definition) is 3. The van der Waals surface area contributed by atoms with Gasteiger partial charge < -0.3 is 15.5 Å². The molecule has 7 heteroatoms. The molecule has 1 heterocycles. The molecule has 1 aromatic rings. The summed E-state index contributed by atoms with van der Waals surface area (Å²) in [6.07, 6.45) is 2.93. The van der Waals surface area contributed by atoms with Crippen molar-refractivity contribution in [1.82, 2.24) is 10.3 Å². The molecule has 0 aromatic carbocycles. The summed E-state index contributed by atoms with van der Waals surface area (Å²) >= 11 is 0. The number of aromatic nitrogens is 1. The number of amides is 1. The number of unbranched alkanes of at least 4 members (excludes halogenated alkanes) is 1. The van der Waals surface area contributed by atoms with E-state index in [9.17, 15) is 9.18 Å². The fourth-order valence-electron chi connectivity index (χ4n) is 1.39. The number of anilines is 1. The zero-order valence-electron chi connectivity index (χ0n) is 10.2. The van der Waals surface area contributed by atoms with Crippen LogP contribution in [0.15, 0.2) is 12.3 Å². The van der Waals surface area contributed by atoms with Gasteiger partial charge in [-0.1, -0.05) is 0 Å². The fraction of sp³-hybridized carbons (Fsp3) is 0.455. The first-order valence-electron chi connectivity index (χ1n) is 5.59. The Bertz CT molecular complexity index is 401. The highest BCUT2D eigenvalue weighted by molar-refractivity contribution is 5.95. The molecule has 6 nitrogen and oxygen atoms in total. The summed E-state index contributed by atoms with van der Waals surface area (Å²) in [7, 11) is 1.62. The molecule has 4 N–H and O–H groups in total. The lowest BCUT2D eigenvalue weighted by atomic mass is 10.2. The number of hydrazine groups is 1. The number of hydrogen-bond acceptors (Lipinski definition) is 5. The Kier molecular flexibility index (Phi) is 6.03. The molecule has 1 aromatic heterocycles. The molecular formula is C11H17FN4O2. The van der Waals surface area contributed by atoms with Gasteiger partial charge in [-0.25, -0.2) is 15.2 Å². The lowest BCUT2D eigenvalue weighted by Crippen LogP contribution is -2.26. The van der Waals surface area contributed by atoms with Gasteiger partial charge in [0.2, 0.25) is 0 Å². The van der Waals surface area contributed by atoms with E-state index in [2.05, 4.69) is 15.7 Å². The van der Waals surface area contributed by atoms with E-state index in [4.69, 9.17) is 10.6 Å². The lowest BCUT2D eigenvalue weighted by molar-refractivity contribution is 0.0947. The van der Waals surface area contributed by atoms with Crippen LogP contribution >= 0.6 is 0 Å². The van der Waals surface area contributed by atoms with Crippen molar-refractivity contribution in [2.24, 2.45) is 5.84 Å². The summed E-state index contributed by atoms with van der Waals surface area (Å²) in [6.45, 7) is 1.11. The first-order chi connectivity index (χ1) is 8.70. The Morgan fingerprint density at radius 2 is 2.33 bits per heavy atom. The van der Waals surface area contributed by atoms with Crippen molar-refractivity contribution in [3.05, 3.63) is 23.6 Å². The van der Waals surface area contributed by atoms with Crippen LogP contribution in [-0.2, 0) is 4.74 Å². The second kappa shape index (κ2) is 7.57. The zero-order valence-corrected chi connectivity index (χ0v) is 10.2. The average molecular weight is 256 g/mol. The SMILES string of the molecule is COCCCCNC(=O)c1ccnc(NN)c1F. The second-order valence-electron chi connectivity index (χ2n) is 3.62. The topological polar surface area (TPSA) is 89.3 Å². The van der Waals surface area contributed by atoms with Crippen LogP contribution in [0.1, 0.15) is 23.2 Å². The Morgan fingerprint density at radius 1 is 1.56 bits per heavy atom. The number of nitrogens with one attached hydrogen (secondary N) is 2. The Labute approximate surface area is 105 Å². The van der Waals surface area contributed by atoms with Crippen molar-refractivity contribution in [2.45, 2.75) is 12.8 Å². The summed E-state index contributed by atoms with van der Waals surface area (Å²) in [5.41, 5.74) is 2.01. The fourth-order valence-corrected chi connectivity index (χ4v) is 1.39. The van der Waals surface area contributed by atoms with Gasteiger partial charge in [0.1, 0.15) is 0 Å². The van der Waals surface area contributed by atoms with Gasteiger partial charge >= 0.3 is 0 Å². The molecule has 100 valence electrons. The predicted octanol–water partition coefficient (Wildman–Crippen LogP) is 0.663. The lowest BCUT2D eigenvalue weighted by Gasteiger charge is -2.07. The van der Waals surface area contributed by atoms with E-state index >= 15 is 0 Å². The maximum Gasteiger partial charge on any atom is 0.254 e. The Hall–Kier alpha value is -1.73. The zero-order chi connectivity index (χ0) is 13.4. The molecule has 0 aliphatic rings. The number of halogens is 1. The highest BCUT2D eigenvalue weighted by Gasteiger charge is 2.14. The Morgan fingerprint density at radius 3 is 3.00 bits per heavy atom. The van der Waals surface area contributed by atoms with E-state index in [0.717, 1.165) is 12.8 Å². The minimum atomic E-state index is -0.755. The first kappa shape index (κ1) is 14.3. The number of nitrogens with zero attached hydrogens (tertiary/aromatic N) is 1. The third kappa shape index (κ3) is 3.94. The van der Waals surface area contributed by atoms with Crippen molar-refractivity contribution < 1.29 is 13.9 Å². The van der Waals surface area contributed by atoms with Gasteiger partial charge in [-0.15, -0.1) is 0 Å². The minimum Gasteiger partial charge on any atom is -0.385 e. The molecular weight excluding hydrogens is 239 g/mol. The largest absolute Gasteiger partial charge is 0.385 e. The van der Waals surface area contributed by atoms with Crippen LogP contribution in [0.3, 0.4) is 0 Å². The average Bonchev–Trinajstić information content (AvgIpc) is 2.38. The van der Waals surface area contributed by atoms with Gasteiger partial charge in [-0.3, -0.25) is 4.79 Å². The highest BCUT2D eigenvalue weighted by atomic mass is 19.1. The van der Waals surface area contributed by atoms with Crippen molar-refractivity contribution in [2.75, 3.05) is 25.7 Å². The molecule has 0 saturated carbocycles. The van der Waals surface area contributed by atoms with E-state index in [1.807, 2.05) is 0 Å². The van der Waals surface area contributed by atoms with Crippen molar-refractivity contribution in [1.29, 1.82) is 0 Å². The molecule has 0 spiro atoms. The number of nitrogens with two attached hydrogens (primary N) is 1. The highest BCUT2D eigenvalue weighted by Crippen LogP contribution is 2.13. The number of methoxy groups -OCH3 is 1. The van der Waals surface area contributed by atoms with E-state index in [1.54, 1.807) is 7.11 Å². The monoisotopic (exact) mass is 256 g/mol. The first-order valence-corrected chi connectivity index (χ1v) is 5.59. The Balaban J connectivity index is 2.51. The second-order valence-corrected chi connectivity index (χ2v) is 3.62. The summed E-state index contributed by atoms with van der Waals surface area (Å²) in [6, 6.07) is 1.31. The molecule has 0 aliphatic heterocycles. The number of pyridine rings is 1. The van der Waals surface area contributed by atoms with Crippen LogP contribution in [0.25, 0.3) is 0 Å². The molecule has 0 atom stereocenters. The van der Waals surface area contributed by atoms with Gasteiger partial charge in [-0.2, -0.15) is 0 Å². The summed E-state index contributed by atoms with van der Waals surface area (Å²) in [5, 5.41) is 2.62. The van der Waals surface area contributed by atoms with Gasteiger partial charge in [-0.05, 0) is 18.9 Å². The molecule has 0 aliphatic carbocycles. The summed E-state index contributed by atoms with van der Waals surface area (Å²) < 4.78 is 18.5. The van der Waals surface area contributed by atoms with Crippen LogP contribution in [0.2, 0.25) is 0 Å². The number of ether oxygens (including phenoxy) is 1. The van der Waals surface area contributed by atoms with Crippen molar-refractivity contribution in [3.8, 4) is 0 Å². The maximum absolute atomic E-state index is 13.7. The van der Waals surface area contributed by atoms with Gasteiger partial charge in [0, 0.05) is 26.5 Å². The summed E-state index contributed by atoms with van der Waals surface area (Å²) in [4.78, 5) is 15.3. The van der Waals surface area contributed by atoms with Crippen LogP contribution in [-0.4, -0.2) is 31.2 Å². The third-order valence-corrected chi connectivity index (χ3v) is 2.33. The maximum atomic E-state index is 13.7. The predicted molar refractivity (Wildman–Crippen MR) is 65.4 cm³/mol. The van der Waals surface area contributed by atoms with Crippen LogP contribution in [0.5, 0.6) is 0 Å². The molecule has 1 rings (SSSR count). The quantitative estimate of drug-likeness (QED) is 0.379. The van der Waals surface area contributed by atoms with E-state index in [1.165, 1.54) is 12.3 Å². The summed E-state index contributed by atoms with van der Waals surface area (Å²) in [5.74, 6) is 3.69. The normalized spacial score (nSPS) is 10.2. The number of nitrogen functional groups attached to an aromatic ring is 1. The van der Waals surface area contributed by atoms with Gasteiger partial charge in [0.25, 0.3) is 5.91 Å². The van der Waals surface area contributed by atoms with Gasteiger partial charge in [0.05, 0.1) is 5.56 Å². The third-order valence-electron chi connectivity index (χ3n) is 2.33. The van der Waals surface area contributed by atoms with E-state index in [-0.39, 0.29) is 11.4 Å². The van der Waals surface area contributed by atoms with E-state index in [0.29, 0.717) is 13.2 Å². The molecule has 18 heavy (non-hydrogen) atoms. The molecule has 1 amide bonds. The molecule has 0 saturated heterocycles. The van der Waals surface area contributed by atoms with Crippen molar-refractivity contribution in [3.63, 3.8) is 0 Å². The van der Waals surface area contributed by atoms with Crippen LogP contribution in [0.4, 0.5) is 10.2 Å². The number of rotatable bonds is 7. The number of carbonyl (C=O) groups excluding carboxylic acids is 1. The minimum absolute atomic E-state index is 0.0790. The molecule has 0 bridgehead atoms. The van der Waals surface area contributed by atoms with Crippen LogP contribution in [0, 0.1) is 5.82 Å². The van der Waals surface area contributed by atoms with E-state index < -0.39 is 11.7 Å². The van der Waals surface area contributed by atoms with Crippen molar-refractivity contribution >= 4 is 11.7 Å². The molecule has 0 fully saturated rings. The molecule has 0 radical (unpaired) electrons. The van der Waals surface area contributed by atoms with Gasteiger partial charge in [0.15, 0.2) is 11.6 Å². The standard InChI is InChI=1S/C11H17FN4O2/c1-18-7-3-2-5-15-11(17)8-4-6-14-10(16-13)9(8)12/h4,6H,2-3,5,7,13H2,1H3,(H,14,16)(H,15,17). The smallest absolute Gasteiger partial charge is 0.254 e.